The molecule has 0 fully saturated rings. The first-order valence-electron chi connectivity index (χ1n) is 6.24. The van der Waals surface area contributed by atoms with E-state index in [4.69, 9.17) is 9.47 Å². The molecule has 0 spiro atoms. The van der Waals surface area contributed by atoms with Crippen LogP contribution in [0.1, 0.15) is 32.4 Å². The summed E-state index contributed by atoms with van der Waals surface area (Å²) in [6, 6.07) is 6.70. The summed E-state index contributed by atoms with van der Waals surface area (Å²) in [6.45, 7) is 5.62. The third kappa shape index (κ3) is 4.54. The Balaban J connectivity index is 2.84. The number of carboxylic acids is 1. The van der Waals surface area contributed by atoms with Gasteiger partial charge in [-0.2, -0.15) is 0 Å². The monoisotopic (exact) mass is 268 g/mol. The number of benzene rings is 1. The summed E-state index contributed by atoms with van der Waals surface area (Å²) in [5.41, 5.74) is 0.517. The van der Waals surface area contributed by atoms with E-state index >= 15 is 0 Å². The first-order chi connectivity index (χ1) is 8.95. The maximum atomic E-state index is 11.2. The number of ether oxygens (including phenoxy) is 2. The van der Waals surface area contributed by atoms with Gasteiger partial charge in [0.1, 0.15) is 5.75 Å². The van der Waals surface area contributed by atoms with Crippen LogP contribution in [-0.2, 0) is 9.53 Å². The van der Waals surface area contributed by atoms with Gasteiger partial charge >= 0.3 is 5.97 Å². The van der Waals surface area contributed by atoms with Gasteiger partial charge in [-0.15, -0.1) is 0 Å². The zero-order chi connectivity index (χ0) is 14.4. The molecule has 1 aromatic rings. The first kappa shape index (κ1) is 15.5. The molecule has 106 valence electrons. The number of aliphatic hydroxyl groups is 1. The maximum absolute atomic E-state index is 11.2. The van der Waals surface area contributed by atoms with Gasteiger partial charge in [-0.3, -0.25) is 0 Å². The highest BCUT2D eigenvalue weighted by molar-refractivity contribution is 5.74. The molecule has 0 aliphatic rings. The van der Waals surface area contributed by atoms with Crippen LogP contribution in [0.25, 0.3) is 0 Å². The SMILES string of the molecule is CCOc1ccc(C(OC(C)C(C)O)C(=O)O)cc1. The Morgan fingerprint density at radius 1 is 1.26 bits per heavy atom. The fourth-order valence-corrected chi connectivity index (χ4v) is 1.51. The Kier molecular flexibility index (Phi) is 5.79. The van der Waals surface area contributed by atoms with Crippen LogP contribution in [0.3, 0.4) is 0 Å². The lowest BCUT2D eigenvalue weighted by Crippen LogP contribution is -2.28. The van der Waals surface area contributed by atoms with E-state index in [9.17, 15) is 15.0 Å². The van der Waals surface area contributed by atoms with Crippen LogP contribution in [0.5, 0.6) is 5.75 Å². The molecule has 3 unspecified atom stereocenters. The molecule has 0 aliphatic heterocycles. The number of carbonyl (C=O) groups is 1. The van der Waals surface area contributed by atoms with Crippen molar-refractivity contribution >= 4 is 5.97 Å². The standard InChI is InChI=1S/C14H20O5/c1-4-18-12-7-5-11(6-8-12)13(14(16)17)19-10(3)9(2)15/h5-10,13,15H,4H2,1-3H3,(H,16,17). The molecule has 0 saturated heterocycles. The molecule has 5 nitrogen and oxygen atoms in total. The van der Waals surface area contributed by atoms with Crippen LogP contribution >= 0.6 is 0 Å². The summed E-state index contributed by atoms with van der Waals surface area (Å²) in [5, 5.41) is 18.6. The smallest absolute Gasteiger partial charge is 0.337 e. The molecular weight excluding hydrogens is 248 g/mol. The second-order valence-electron chi connectivity index (χ2n) is 4.30. The van der Waals surface area contributed by atoms with Gasteiger partial charge in [-0.1, -0.05) is 12.1 Å². The summed E-state index contributed by atoms with van der Waals surface area (Å²) >= 11 is 0. The van der Waals surface area contributed by atoms with Crippen molar-refractivity contribution in [3.8, 4) is 5.75 Å². The number of hydrogen-bond donors (Lipinski definition) is 2. The summed E-state index contributed by atoms with van der Waals surface area (Å²) in [5.74, 6) is -0.407. The molecule has 0 saturated carbocycles. The maximum Gasteiger partial charge on any atom is 0.337 e. The molecule has 0 bridgehead atoms. The molecule has 2 N–H and O–H groups in total. The molecule has 5 heteroatoms. The van der Waals surface area contributed by atoms with E-state index in [1.165, 1.54) is 0 Å². The number of hydrogen-bond acceptors (Lipinski definition) is 4. The highest BCUT2D eigenvalue weighted by Gasteiger charge is 2.24. The first-order valence-corrected chi connectivity index (χ1v) is 6.24. The van der Waals surface area contributed by atoms with Gasteiger partial charge in [-0.25, -0.2) is 4.79 Å². The van der Waals surface area contributed by atoms with Crippen LogP contribution in [0.4, 0.5) is 0 Å². The summed E-state index contributed by atoms with van der Waals surface area (Å²) in [7, 11) is 0. The van der Waals surface area contributed by atoms with E-state index in [1.807, 2.05) is 6.92 Å². The average Bonchev–Trinajstić information content (AvgIpc) is 2.36. The van der Waals surface area contributed by atoms with E-state index in [1.54, 1.807) is 38.1 Å². The second-order valence-corrected chi connectivity index (χ2v) is 4.30. The number of aliphatic hydroxyl groups excluding tert-OH is 1. The van der Waals surface area contributed by atoms with E-state index in [2.05, 4.69) is 0 Å². The Hall–Kier alpha value is -1.59. The molecule has 0 aliphatic carbocycles. The van der Waals surface area contributed by atoms with Crippen LogP contribution in [0.2, 0.25) is 0 Å². The summed E-state index contributed by atoms with van der Waals surface area (Å²) < 4.78 is 10.7. The topological polar surface area (TPSA) is 76.0 Å². The molecule has 1 aromatic carbocycles. The quantitative estimate of drug-likeness (QED) is 0.791. The van der Waals surface area contributed by atoms with Crippen molar-refractivity contribution in [1.82, 2.24) is 0 Å². The van der Waals surface area contributed by atoms with Crippen molar-refractivity contribution < 1.29 is 24.5 Å². The molecule has 0 aromatic heterocycles. The molecule has 19 heavy (non-hydrogen) atoms. The average molecular weight is 268 g/mol. The van der Waals surface area contributed by atoms with E-state index in [-0.39, 0.29) is 0 Å². The van der Waals surface area contributed by atoms with Gasteiger partial charge in [-0.05, 0) is 38.5 Å². The fraction of sp³-hybridized carbons (Fsp3) is 0.500. The van der Waals surface area contributed by atoms with E-state index < -0.39 is 24.3 Å². The van der Waals surface area contributed by atoms with Crippen LogP contribution < -0.4 is 4.74 Å². The van der Waals surface area contributed by atoms with E-state index in [0.29, 0.717) is 17.9 Å². The predicted octanol–water partition coefficient (Wildman–Crippen LogP) is 2.00. The minimum Gasteiger partial charge on any atom is -0.494 e. The number of rotatable bonds is 7. The van der Waals surface area contributed by atoms with Gasteiger partial charge in [0.15, 0.2) is 6.10 Å². The molecular formula is C14H20O5. The molecule has 3 atom stereocenters. The zero-order valence-electron chi connectivity index (χ0n) is 11.4. The van der Waals surface area contributed by atoms with Gasteiger partial charge < -0.3 is 19.7 Å². The zero-order valence-corrected chi connectivity index (χ0v) is 11.4. The predicted molar refractivity (Wildman–Crippen MR) is 70.2 cm³/mol. The van der Waals surface area contributed by atoms with Crippen molar-refractivity contribution in [3.63, 3.8) is 0 Å². The number of carboxylic acid groups (broad SMARTS) is 1. The van der Waals surface area contributed by atoms with Crippen LogP contribution in [-0.4, -0.2) is 35.0 Å². The van der Waals surface area contributed by atoms with E-state index in [0.717, 1.165) is 0 Å². The van der Waals surface area contributed by atoms with Gasteiger partial charge in [0, 0.05) is 0 Å². The second kappa shape index (κ2) is 7.11. The minimum absolute atomic E-state index is 0.517. The van der Waals surface area contributed by atoms with Crippen molar-refractivity contribution in [3.05, 3.63) is 29.8 Å². The molecule has 0 amide bonds. The van der Waals surface area contributed by atoms with Gasteiger partial charge in [0.05, 0.1) is 18.8 Å². The Morgan fingerprint density at radius 3 is 2.26 bits per heavy atom. The highest BCUT2D eigenvalue weighted by atomic mass is 16.5. The molecule has 0 heterocycles. The summed E-state index contributed by atoms with van der Waals surface area (Å²) in [6.07, 6.45) is -2.39. The third-order valence-corrected chi connectivity index (χ3v) is 2.75. The summed E-state index contributed by atoms with van der Waals surface area (Å²) in [4.78, 5) is 11.2. The molecule has 0 radical (unpaired) electrons. The Labute approximate surface area is 112 Å². The van der Waals surface area contributed by atoms with Crippen LogP contribution in [0, 0.1) is 0 Å². The number of aliphatic carboxylic acids is 1. The Morgan fingerprint density at radius 2 is 1.84 bits per heavy atom. The highest BCUT2D eigenvalue weighted by Crippen LogP contribution is 2.23. The Bertz CT molecular complexity index is 399. The van der Waals surface area contributed by atoms with Crippen molar-refractivity contribution in [2.45, 2.75) is 39.1 Å². The fourth-order valence-electron chi connectivity index (χ4n) is 1.51. The van der Waals surface area contributed by atoms with Crippen LogP contribution in [0.15, 0.2) is 24.3 Å². The largest absolute Gasteiger partial charge is 0.494 e. The van der Waals surface area contributed by atoms with Crippen molar-refractivity contribution in [2.75, 3.05) is 6.61 Å². The minimum atomic E-state index is -1.10. The van der Waals surface area contributed by atoms with Crippen molar-refractivity contribution in [1.29, 1.82) is 0 Å². The lowest BCUT2D eigenvalue weighted by Gasteiger charge is -2.21. The molecule has 1 rings (SSSR count). The van der Waals surface area contributed by atoms with Gasteiger partial charge in [0.2, 0.25) is 0 Å². The lowest BCUT2D eigenvalue weighted by molar-refractivity contribution is -0.158. The lowest BCUT2D eigenvalue weighted by atomic mass is 10.1. The normalized spacial score (nSPS) is 15.6. The third-order valence-electron chi connectivity index (χ3n) is 2.75. The van der Waals surface area contributed by atoms with Gasteiger partial charge in [0.25, 0.3) is 0 Å². The van der Waals surface area contributed by atoms with Crippen molar-refractivity contribution in [2.24, 2.45) is 0 Å².